The quantitative estimate of drug-likeness (QED) is 0.858. The van der Waals surface area contributed by atoms with E-state index in [0.29, 0.717) is 18.7 Å². The van der Waals surface area contributed by atoms with Crippen LogP contribution in [-0.2, 0) is 6.54 Å². The van der Waals surface area contributed by atoms with Gasteiger partial charge in [0.1, 0.15) is 11.5 Å². The van der Waals surface area contributed by atoms with E-state index in [2.05, 4.69) is 4.98 Å². The zero-order valence-corrected chi connectivity index (χ0v) is 12.4. The van der Waals surface area contributed by atoms with Gasteiger partial charge in [-0.2, -0.15) is 0 Å². The molecule has 0 N–H and O–H groups in total. The molecule has 0 radical (unpaired) electrons. The number of nitrogens with zero attached hydrogens (tertiary/aromatic N) is 2. The SMILES string of the molecule is CCN(Cc1ccc(C)o1)C(=O)c1cc(C)nc(C)c1. The first-order valence-corrected chi connectivity index (χ1v) is 6.79. The molecule has 2 aromatic rings. The van der Waals surface area contributed by atoms with Gasteiger partial charge in [-0.25, -0.2) is 0 Å². The summed E-state index contributed by atoms with van der Waals surface area (Å²) in [7, 11) is 0. The molecule has 0 spiro atoms. The maximum atomic E-state index is 12.5. The maximum absolute atomic E-state index is 12.5. The van der Waals surface area contributed by atoms with Crippen molar-refractivity contribution in [1.29, 1.82) is 0 Å². The molecule has 1 amide bonds. The Labute approximate surface area is 119 Å². The lowest BCUT2D eigenvalue weighted by Crippen LogP contribution is -2.30. The predicted octanol–water partition coefficient (Wildman–Crippen LogP) is 3.26. The number of aryl methyl sites for hydroxylation is 3. The average molecular weight is 272 g/mol. The summed E-state index contributed by atoms with van der Waals surface area (Å²) in [6.07, 6.45) is 0. The number of rotatable bonds is 4. The second-order valence-corrected chi connectivity index (χ2v) is 4.97. The summed E-state index contributed by atoms with van der Waals surface area (Å²) in [5.41, 5.74) is 2.40. The van der Waals surface area contributed by atoms with Crippen molar-refractivity contribution in [1.82, 2.24) is 9.88 Å². The Balaban J connectivity index is 2.20. The number of furan rings is 1. The van der Waals surface area contributed by atoms with Crippen LogP contribution in [0.3, 0.4) is 0 Å². The monoisotopic (exact) mass is 272 g/mol. The Bertz CT molecular complexity index is 596. The largest absolute Gasteiger partial charge is 0.464 e. The van der Waals surface area contributed by atoms with Crippen LogP contribution in [0.5, 0.6) is 0 Å². The van der Waals surface area contributed by atoms with Crippen LogP contribution in [0.4, 0.5) is 0 Å². The maximum Gasteiger partial charge on any atom is 0.254 e. The number of carbonyl (C=O) groups is 1. The van der Waals surface area contributed by atoms with Crippen LogP contribution >= 0.6 is 0 Å². The van der Waals surface area contributed by atoms with Crippen LogP contribution in [0.25, 0.3) is 0 Å². The third kappa shape index (κ3) is 3.26. The summed E-state index contributed by atoms with van der Waals surface area (Å²) in [5.74, 6) is 1.68. The first-order valence-electron chi connectivity index (χ1n) is 6.79. The molecule has 20 heavy (non-hydrogen) atoms. The predicted molar refractivity (Wildman–Crippen MR) is 77.6 cm³/mol. The van der Waals surface area contributed by atoms with Gasteiger partial charge in [-0.05, 0) is 52.0 Å². The fourth-order valence-corrected chi connectivity index (χ4v) is 2.23. The van der Waals surface area contributed by atoms with Gasteiger partial charge in [0, 0.05) is 23.5 Å². The van der Waals surface area contributed by atoms with Crippen molar-refractivity contribution >= 4 is 5.91 Å². The molecule has 2 heterocycles. The molecule has 0 aromatic carbocycles. The Morgan fingerprint density at radius 1 is 1.20 bits per heavy atom. The zero-order chi connectivity index (χ0) is 14.7. The lowest BCUT2D eigenvalue weighted by molar-refractivity contribution is 0.0740. The summed E-state index contributed by atoms with van der Waals surface area (Å²) in [5, 5.41) is 0. The van der Waals surface area contributed by atoms with Crippen molar-refractivity contribution in [2.24, 2.45) is 0 Å². The summed E-state index contributed by atoms with van der Waals surface area (Å²) < 4.78 is 5.54. The van der Waals surface area contributed by atoms with Crippen molar-refractivity contribution in [3.05, 3.63) is 52.7 Å². The first kappa shape index (κ1) is 14.3. The number of hydrogen-bond acceptors (Lipinski definition) is 3. The minimum absolute atomic E-state index is 0.00940. The van der Waals surface area contributed by atoms with Gasteiger partial charge in [-0.3, -0.25) is 9.78 Å². The van der Waals surface area contributed by atoms with Gasteiger partial charge < -0.3 is 9.32 Å². The molecule has 0 saturated carbocycles. The molecule has 4 heteroatoms. The molecular weight excluding hydrogens is 252 g/mol. The smallest absolute Gasteiger partial charge is 0.254 e. The highest BCUT2D eigenvalue weighted by molar-refractivity contribution is 5.94. The molecule has 2 aromatic heterocycles. The Kier molecular flexibility index (Phi) is 4.23. The Morgan fingerprint density at radius 2 is 1.85 bits per heavy atom. The normalized spacial score (nSPS) is 10.6. The molecule has 0 aliphatic carbocycles. The van der Waals surface area contributed by atoms with Crippen LogP contribution in [0, 0.1) is 20.8 Å². The van der Waals surface area contributed by atoms with E-state index in [1.165, 1.54) is 0 Å². The molecule has 2 rings (SSSR count). The molecule has 106 valence electrons. The lowest BCUT2D eigenvalue weighted by Gasteiger charge is -2.20. The molecule has 0 bridgehead atoms. The summed E-state index contributed by atoms with van der Waals surface area (Å²) in [6.45, 7) is 8.79. The Morgan fingerprint density at radius 3 is 2.35 bits per heavy atom. The average Bonchev–Trinajstić information content (AvgIpc) is 2.79. The van der Waals surface area contributed by atoms with Gasteiger partial charge in [0.25, 0.3) is 5.91 Å². The third-order valence-corrected chi connectivity index (χ3v) is 3.14. The third-order valence-electron chi connectivity index (χ3n) is 3.14. The molecule has 0 aliphatic heterocycles. The van der Waals surface area contributed by atoms with Gasteiger partial charge in [-0.1, -0.05) is 0 Å². The molecule has 0 unspecified atom stereocenters. The fraction of sp³-hybridized carbons (Fsp3) is 0.375. The van der Waals surface area contributed by atoms with Crippen LogP contribution in [0.15, 0.2) is 28.7 Å². The highest BCUT2D eigenvalue weighted by Crippen LogP contribution is 2.14. The van der Waals surface area contributed by atoms with E-state index in [9.17, 15) is 4.79 Å². The van der Waals surface area contributed by atoms with Crippen molar-refractivity contribution in [3.8, 4) is 0 Å². The number of pyridine rings is 1. The number of aromatic nitrogens is 1. The summed E-state index contributed by atoms with van der Waals surface area (Å²) >= 11 is 0. The highest BCUT2D eigenvalue weighted by Gasteiger charge is 2.16. The van der Waals surface area contributed by atoms with Crippen molar-refractivity contribution in [2.75, 3.05) is 6.54 Å². The molecule has 0 fully saturated rings. The van der Waals surface area contributed by atoms with E-state index >= 15 is 0 Å². The van der Waals surface area contributed by atoms with Crippen LogP contribution in [-0.4, -0.2) is 22.3 Å². The minimum atomic E-state index is 0.00940. The van der Waals surface area contributed by atoms with Gasteiger partial charge in [0.15, 0.2) is 0 Å². The highest BCUT2D eigenvalue weighted by atomic mass is 16.3. The lowest BCUT2D eigenvalue weighted by atomic mass is 10.1. The zero-order valence-electron chi connectivity index (χ0n) is 12.4. The van der Waals surface area contributed by atoms with Crippen molar-refractivity contribution in [3.63, 3.8) is 0 Å². The van der Waals surface area contributed by atoms with E-state index < -0.39 is 0 Å². The first-order chi connectivity index (χ1) is 9.49. The second-order valence-electron chi connectivity index (χ2n) is 4.97. The minimum Gasteiger partial charge on any atom is -0.464 e. The number of amides is 1. The topological polar surface area (TPSA) is 46.3 Å². The van der Waals surface area contributed by atoms with Gasteiger partial charge >= 0.3 is 0 Å². The van der Waals surface area contributed by atoms with Gasteiger partial charge in [0.2, 0.25) is 0 Å². The van der Waals surface area contributed by atoms with Crippen molar-refractivity contribution < 1.29 is 9.21 Å². The Hall–Kier alpha value is -2.10. The molecule has 0 aliphatic rings. The standard InChI is InChI=1S/C16H20N2O2/c1-5-18(10-15-7-6-13(4)20-15)16(19)14-8-11(2)17-12(3)9-14/h6-9H,5,10H2,1-4H3. The number of hydrogen-bond donors (Lipinski definition) is 0. The van der Waals surface area contributed by atoms with E-state index in [-0.39, 0.29) is 5.91 Å². The van der Waals surface area contributed by atoms with E-state index in [4.69, 9.17) is 4.42 Å². The molecule has 4 nitrogen and oxygen atoms in total. The summed E-state index contributed by atoms with van der Waals surface area (Å²) in [4.78, 5) is 18.6. The van der Waals surface area contributed by atoms with E-state index in [1.54, 1.807) is 4.90 Å². The summed E-state index contributed by atoms with van der Waals surface area (Å²) in [6, 6.07) is 7.47. The number of carbonyl (C=O) groups excluding carboxylic acids is 1. The van der Waals surface area contributed by atoms with Gasteiger partial charge in [0.05, 0.1) is 6.54 Å². The van der Waals surface area contributed by atoms with E-state index in [1.807, 2.05) is 52.0 Å². The fourth-order valence-electron chi connectivity index (χ4n) is 2.23. The van der Waals surface area contributed by atoms with Gasteiger partial charge in [-0.15, -0.1) is 0 Å². The van der Waals surface area contributed by atoms with Crippen LogP contribution in [0.1, 0.15) is 40.2 Å². The second kappa shape index (κ2) is 5.90. The molecule has 0 saturated heterocycles. The van der Waals surface area contributed by atoms with Crippen LogP contribution in [0.2, 0.25) is 0 Å². The van der Waals surface area contributed by atoms with Crippen molar-refractivity contribution in [2.45, 2.75) is 34.2 Å². The molecule has 0 atom stereocenters. The van der Waals surface area contributed by atoms with Crippen LogP contribution < -0.4 is 0 Å². The molecular formula is C16H20N2O2. The van der Waals surface area contributed by atoms with E-state index in [0.717, 1.165) is 22.9 Å².